The molecule has 0 aromatic heterocycles. The number of carbonyl (C=O) groups is 1. The Hall–Kier alpha value is -2.38. The van der Waals surface area contributed by atoms with Gasteiger partial charge in [0.2, 0.25) is 0 Å². The first-order chi connectivity index (χ1) is 11.7. The molecule has 1 heterocycles. The molecule has 0 saturated heterocycles. The van der Waals surface area contributed by atoms with E-state index in [-0.39, 0.29) is 11.5 Å². The zero-order valence-corrected chi connectivity index (χ0v) is 13.3. The van der Waals surface area contributed by atoms with Crippen molar-refractivity contribution in [2.24, 2.45) is 5.16 Å². The van der Waals surface area contributed by atoms with Crippen LogP contribution in [0.1, 0.15) is 27.9 Å². The average molecular weight is 370 g/mol. The molecular formula is C17H11ClF3NO3. The summed E-state index contributed by atoms with van der Waals surface area (Å²) < 4.78 is 38.2. The molecule has 1 atom stereocenters. The molecule has 0 spiro atoms. The molecule has 0 bridgehead atoms. The van der Waals surface area contributed by atoms with E-state index in [4.69, 9.17) is 11.6 Å². The number of nitrogens with zero attached hydrogens (tertiary/aromatic N) is 1. The van der Waals surface area contributed by atoms with Gasteiger partial charge in [-0.15, -0.1) is 0 Å². The van der Waals surface area contributed by atoms with Crippen LogP contribution in [0.25, 0.3) is 0 Å². The zero-order chi connectivity index (χ0) is 18.2. The van der Waals surface area contributed by atoms with Crippen molar-refractivity contribution in [3.8, 4) is 0 Å². The van der Waals surface area contributed by atoms with Crippen LogP contribution in [-0.2, 0) is 4.84 Å². The maximum absolute atomic E-state index is 12.7. The van der Waals surface area contributed by atoms with E-state index in [1.54, 1.807) is 24.3 Å². The molecule has 0 aliphatic carbocycles. The number of rotatable bonds is 3. The summed E-state index contributed by atoms with van der Waals surface area (Å²) in [6.45, 7) is 0. The minimum absolute atomic E-state index is 0.0506. The monoisotopic (exact) mass is 369 g/mol. The Morgan fingerprint density at radius 3 is 2.08 bits per heavy atom. The van der Waals surface area contributed by atoms with E-state index in [0.717, 1.165) is 0 Å². The molecule has 130 valence electrons. The summed E-state index contributed by atoms with van der Waals surface area (Å²) in [6, 6.07) is 12.2. The third kappa shape index (κ3) is 3.38. The van der Waals surface area contributed by atoms with Crippen LogP contribution in [0.15, 0.2) is 53.7 Å². The summed E-state index contributed by atoms with van der Waals surface area (Å²) in [4.78, 5) is 16.5. The van der Waals surface area contributed by atoms with E-state index >= 15 is 0 Å². The molecule has 0 radical (unpaired) electrons. The molecule has 1 aliphatic heterocycles. The molecule has 8 heteroatoms. The lowest BCUT2D eigenvalue weighted by Gasteiger charge is -2.22. The molecule has 3 rings (SSSR count). The van der Waals surface area contributed by atoms with Crippen molar-refractivity contribution in [1.29, 1.82) is 0 Å². The van der Waals surface area contributed by atoms with Crippen LogP contribution >= 0.6 is 11.6 Å². The second-order valence-corrected chi connectivity index (χ2v) is 5.94. The standard InChI is InChI=1S/C17H11ClF3NO3/c18-13-7-5-12(6-8-13)15(23)11-3-1-10(2-4-11)14-9-16(24,25-22-14)17(19,20)21/h1-8,24H,9H2. The second-order valence-electron chi connectivity index (χ2n) is 5.50. The van der Waals surface area contributed by atoms with E-state index in [9.17, 15) is 23.1 Å². The maximum atomic E-state index is 12.7. The van der Waals surface area contributed by atoms with Gasteiger partial charge in [-0.25, -0.2) is 0 Å². The number of hydrogen-bond donors (Lipinski definition) is 1. The molecule has 0 saturated carbocycles. The smallest absolute Gasteiger partial charge is 0.350 e. The zero-order valence-electron chi connectivity index (χ0n) is 12.5. The minimum Gasteiger partial charge on any atom is -0.350 e. The molecular weight excluding hydrogens is 359 g/mol. The van der Waals surface area contributed by atoms with Gasteiger partial charge in [-0.1, -0.05) is 41.0 Å². The minimum atomic E-state index is -4.96. The number of carbonyl (C=O) groups excluding carboxylic acids is 1. The van der Waals surface area contributed by atoms with Gasteiger partial charge in [0.1, 0.15) is 0 Å². The van der Waals surface area contributed by atoms with Crippen LogP contribution in [0.2, 0.25) is 5.02 Å². The number of alkyl halides is 3. The molecule has 4 nitrogen and oxygen atoms in total. The lowest BCUT2D eigenvalue weighted by atomic mass is 9.98. The van der Waals surface area contributed by atoms with Gasteiger partial charge in [0, 0.05) is 16.1 Å². The highest BCUT2D eigenvalue weighted by Crippen LogP contribution is 2.38. The highest BCUT2D eigenvalue weighted by atomic mass is 35.5. The van der Waals surface area contributed by atoms with Gasteiger partial charge in [-0.2, -0.15) is 13.2 Å². The van der Waals surface area contributed by atoms with Crippen LogP contribution in [0.5, 0.6) is 0 Å². The molecule has 0 amide bonds. The fraction of sp³-hybridized carbons (Fsp3) is 0.176. The molecule has 1 N–H and O–H groups in total. The summed E-state index contributed by atoms with van der Waals surface area (Å²) in [7, 11) is 0. The summed E-state index contributed by atoms with van der Waals surface area (Å²) in [5.74, 6) is -3.57. The van der Waals surface area contributed by atoms with Crippen LogP contribution in [0.4, 0.5) is 13.2 Å². The van der Waals surface area contributed by atoms with Gasteiger partial charge in [0.05, 0.1) is 12.1 Å². The van der Waals surface area contributed by atoms with Gasteiger partial charge < -0.3 is 9.94 Å². The van der Waals surface area contributed by atoms with E-state index < -0.39 is 18.4 Å². The fourth-order valence-electron chi connectivity index (χ4n) is 2.31. The van der Waals surface area contributed by atoms with Crippen molar-refractivity contribution < 1.29 is 27.9 Å². The van der Waals surface area contributed by atoms with Gasteiger partial charge >= 0.3 is 12.0 Å². The van der Waals surface area contributed by atoms with Crippen molar-refractivity contribution in [1.82, 2.24) is 0 Å². The summed E-state index contributed by atoms with van der Waals surface area (Å²) >= 11 is 5.77. The average Bonchev–Trinajstić information content (AvgIpc) is 2.99. The maximum Gasteiger partial charge on any atom is 0.458 e. The lowest BCUT2D eigenvalue weighted by Crippen LogP contribution is -2.45. The molecule has 1 unspecified atom stereocenters. The Kier molecular flexibility index (Phi) is 4.30. The van der Waals surface area contributed by atoms with Crippen LogP contribution in [0.3, 0.4) is 0 Å². The van der Waals surface area contributed by atoms with E-state index in [1.165, 1.54) is 24.3 Å². The highest BCUT2D eigenvalue weighted by molar-refractivity contribution is 6.30. The number of ketones is 1. The van der Waals surface area contributed by atoms with Crippen LogP contribution in [-0.4, -0.2) is 28.6 Å². The third-order valence-electron chi connectivity index (χ3n) is 3.74. The molecule has 2 aromatic rings. The Labute approximate surface area is 145 Å². The number of halogens is 4. The van der Waals surface area contributed by atoms with Crippen molar-refractivity contribution in [2.75, 3.05) is 0 Å². The quantitative estimate of drug-likeness (QED) is 0.833. The van der Waals surface area contributed by atoms with Crippen molar-refractivity contribution >= 4 is 23.1 Å². The fourth-order valence-corrected chi connectivity index (χ4v) is 2.44. The second kappa shape index (κ2) is 6.16. The molecule has 0 fully saturated rings. The number of benzene rings is 2. The van der Waals surface area contributed by atoms with Crippen LogP contribution < -0.4 is 0 Å². The highest BCUT2D eigenvalue weighted by Gasteiger charge is 2.60. The van der Waals surface area contributed by atoms with Gasteiger partial charge in [0.15, 0.2) is 5.78 Å². The molecule has 1 aliphatic rings. The first-order valence-electron chi connectivity index (χ1n) is 7.14. The normalized spacial score (nSPS) is 20.1. The first-order valence-corrected chi connectivity index (χ1v) is 7.52. The van der Waals surface area contributed by atoms with E-state index in [1.807, 2.05) is 0 Å². The summed E-state index contributed by atoms with van der Waals surface area (Å²) in [5, 5.41) is 13.3. The summed E-state index contributed by atoms with van der Waals surface area (Å²) in [6.07, 6.45) is -5.77. The topological polar surface area (TPSA) is 58.9 Å². The lowest BCUT2D eigenvalue weighted by molar-refractivity contribution is -0.355. The van der Waals surface area contributed by atoms with Crippen molar-refractivity contribution in [2.45, 2.75) is 18.4 Å². The van der Waals surface area contributed by atoms with Gasteiger partial charge in [0.25, 0.3) is 0 Å². The molecule has 25 heavy (non-hydrogen) atoms. The van der Waals surface area contributed by atoms with Gasteiger partial charge in [-0.05, 0) is 29.8 Å². The number of aliphatic hydroxyl groups is 1. The van der Waals surface area contributed by atoms with Gasteiger partial charge in [-0.3, -0.25) is 4.79 Å². The largest absolute Gasteiger partial charge is 0.458 e. The van der Waals surface area contributed by atoms with Crippen molar-refractivity contribution in [3.63, 3.8) is 0 Å². The number of hydrogen-bond acceptors (Lipinski definition) is 4. The third-order valence-corrected chi connectivity index (χ3v) is 4.00. The van der Waals surface area contributed by atoms with E-state index in [0.29, 0.717) is 21.7 Å². The Balaban J connectivity index is 1.77. The summed E-state index contributed by atoms with van der Waals surface area (Å²) in [5.41, 5.74) is 1.07. The predicted octanol–water partition coefficient (Wildman–Crippen LogP) is 3.95. The SMILES string of the molecule is O=C(c1ccc(Cl)cc1)c1ccc(C2=NOC(O)(C(F)(F)F)C2)cc1. The van der Waals surface area contributed by atoms with Crippen molar-refractivity contribution in [3.05, 3.63) is 70.2 Å². The predicted molar refractivity (Wildman–Crippen MR) is 84.6 cm³/mol. The Bertz CT molecular complexity index is 832. The van der Waals surface area contributed by atoms with Crippen LogP contribution in [0, 0.1) is 0 Å². The first kappa shape index (κ1) is 17.4. The number of oxime groups is 1. The molecule has 2 aromatic carbocycles. The Morgan fingerprint density at radius 2 is 1.60 bits per heavy atom. The van der Waals surface area contributed by atoms with E-state index in [2.05, 4.69) is 9.99 Å². The Morgan fingerprint density at radius 1 is 1.08 bits per heavy atom.